The minimum Gasteiger partial charge on any atom is -0.0763 e. The molecule has 1 heteroatoms. The first-order valence-corrected chi connectivity index (χ1v) is 24.1. The second kappa shape index (κ2) is 13.1. The third-order valence-electron chi connectivity index (χ3n) is 18.1. The maximum absolute atomic E-state index is 2.75. The van der Waals surface area contributed by atoms with E-state index in [0.29, 0.717) is 5.92 Å². The van der Waals surface area contributed by atoms with Crippen LogP contribution >= 0.6 is 0 Å². The molecule has 1 fully saturated rings. The van der Waals surface area contributed by atoms with Crippen LogP contribution in [0.25, 0.3) is 5.57 Å². The molecule has 0 nitrogen and oxygen atoms in total. The van der Waals surface area contributed by atoms with E-state index in [-0.39, 0.29) is 50.5 Å². The Bertz CT molecular complexity index is 2470. The quantitative estimate of drug-likeness (QED) is 0.181. The monoisotopic (exact) mass is 797 g/mol. The summed E-state index contributed by atoms with van der Waals surface area (Å²) in [4.78, 5) is 0. The standard InChI is InChI=1S/C59H77B/c1-35-28-36(2)51-41(29-35)43-34-58(16)24-18-19-25-59(58,17)47-30-40(54(7,8)9)31-48(50(43)47)60(51)52-49(37(3)38-20-22-39(23-21-38)53(4,5)6)42-32-45-46(33-44(42)57(52,14)15)56(12,13)27-26-55(45,10)11/h20-23,28-33,37,43H,18-19,24-27,34H2,1-17H3. The summed E-state index contributed by atoms with van der Waals surface area (Å²) >= 11 is 0. The number of hydrogen-bond donors (Lipinski definition) is 0. The Morgan fingerprint density at radius 1 is 0.633 bits per heavy atom. The normalized spacial score (nSPS) is 26.5. The van der Waals surface area contributed by atoms with Gasteiger partial charge in [0, 0.05) is 17.3 Å². The van der Waals surface area contributed by atoms with E-state index in [0.717, 1.165) is 0 Å². The summed E-state index contributed by atoms with van der Waals surface area (Å²) in [6, 6.07) is 25.9. The molecule has 316 valence electrons. The van der Waals surface area contributed by atoms with Crippen LogP contribution in [0.4, 0.5) is 0 Å². The lowest BCUT2D eigenvalue weighted by Crippen LogP contribution is -2.60. The van der Waals surface area contributed by atoms with Crippen LogP contribution in [0.2, 0.25) is 0 Å². The molecular weight excluding hydrogens is 719 g/mol. The topological polar surface area (TPSA) is 0 Å². The molecule has 4 aromatic rings. The first-order chi connectivity index (χ1) is 27.7. The van der Waals surface area contributed by atoms with Gasteiger partial charge in [-0.15, -0.1) is 0 Å². The highest BCUT2D eigenvalue weighted by Gasteiger charge is 2.58. The predicted molar refractivity (Wildman–Crippen MR) is 262 cm³/mol. The molecule has 1 saturated carbocycles. The van der Waals surface area contributed by atoms with E-state index < -0.39 is 0 Å². The van der Waals surface area contributed by atoms with Gasteiger partial charge in [-0.25, -0.2) is 0 Å². The van der Waals surface area contributed by atoms with Crippen LogP contribution in [0.1, 0.15) is 227 Å². The van der Waals surface area contributed by atoms with Gasteiger partial charge in [-0.3, -0.25) is 0 Å². The molecule has 0 N–H and O–H groups in total. The van der Waals surface area contributed by atoms with Gasteiger partial charge >= 0.3 is 0 Å². The van der Waals surface area contributed by atoms with Crippen LogP contribution in [0, 0.1) is 19.3 Å². The van der Waals surface area contributed by atoms with Crippen LogP contribution in [-0.4, -0.2) is 6.71 Å². The predicted octanol–water partition coefficient (Wildman–Crippen LogP) is 14.6. The van der Waals surface area contributed by atoms with Gasteiger partial charge in [0.05, 0.1) is 0 Å². The molecule has 0 saturated heterocycles. The Hall–Kier alpha value is -3.32. The molecule has 0 radical (unpaired) electrons. The highest BCUT2D eigenvalue weighted by Crippen LogP contribution is 2.63. The molecule has 9 rings (SSSR count). The first kappa shape index (κ1) is 42.0. The van der Waals surface area contributed by atoms with Crippen LogP contribution < -0.4 is 10.9 Å². The largest absolute Gasteiger partial charge is 0.239 e. The highest BCUT2D eigenvalue weighted by atomic mass is 14.6. The van der Waals surface area contributed by atoms with Gasteiger partial charge in [0.15, 0.2) is 0 Å². The Kier molecular flexibility index (Phi) is 9.18. The van der Waals surface area contributed by atoms with Crippen molar-refractivity contribution in [3.63, 3.8) is 0 Å². The van der Waals surface area contributed by atoms with Crippen molar-refractivity contribution >= 4 is 23.2 Å². The molecule has 4 aliphatic carbocycles. The van der Waals surface area contributed by atoms with Crippen LogP contribution in [0.3, 0.4) is 0 Å². The van der Waals surface area contributed by atoms with Gasteiger partial charge in [-0.2, -0.15) is 0 Å². The summed E-state index contributed by atoms with van der Waals surface area (Å²) in [5.41, 5.74) is 25.7. The molecule has 0 spiro atoms. The van der Waals surface area contributed by atoms with E-state index in [4.69, 9.17) is 0 Å². The summed E-state index contributed by atoms with van der Waals surface area (Å²) in [6.07, 6.45) is 9.04. The lowest BCUT2D eigenvalue weighted by molar-refractivity contribution is 0.0602. The number of fused-ring (bicyclic) bond motifs is 6. The highest BCUT2D eigenvalue weighted by molar-refractivity contribution is 6.93. The van der Waals surface area contributed by atoms with E-state index in [2.05, 4.69) is 178 Å². The first-order valence-electron chi connectivity index (χ1n) is 24.1. The van der Waals surface area contributed by atoms with Crippen molar-refractivity contribution in [1.29, 1.82) is 0 Å². The zero-order valence-electron chi connectivity index (χ0n) is 41.0. The zero-order valence-corrected chi connectivity index (χ0v) is 41.0. The Morgan fingerprint density at radius 2 is 1.23 bits per heavy atom. The molecule has 0 bridgehead atoms. The van der Waals surface area contributed by atoms with Gasteiger partial charge in [0.25, 0.3) is 0 Å². The van der Waals surface area contributed by atoms with Crippen molar-refractivity contribution in [3.05, 3.63) is 133 Å². The van der Waals surface area contributed by atoms with E-state index >= 15 is 0 Å². The summed E-state index contributed by atoms with van der Waals surface area (Å²) in [5.74, 6) is 0.664. The third-order valence-corrected chi connectivity index (χ3v) is 18.1. The summed E-state index contributed by atoms with van der Waals surface area (Å²) in [5, 5.41) is 0. The second-order valence-corrected chi connectivity index (χ2v) is 25.4. The Labute approximate surface area is 366 Å². The average Bonchev–Trinajstić information content (AvgIpc) is 3.38. The fourth-order valence-electron chi connectivity index (χ4n) is 13.9. The maximum atomic E-state index is 2.75. The Morgan fingerprint density at radius 3 is 1.85 bits per heavy atom. The molecule has 1 aliphatic heterocycles. The molecule has 1 heterocycles. The molecule has 4 aromatic carbocycles. The van der Waals surface area contributed by atoms with Crippen molar-refractivity contribution in [2.75, 3.05) is 0 Å². The fourth-order valence-corrected chi connectivity index (χ4v) is 13.9. The minimum absolute atomic E-state index is 0.0384. The van der Waals surface area contributed by atoms with Crippen molar-refractivity contribution in [2.45, 2.75) is 207 Å². The van der Waals surface area contributed by atoms with Gasteiger partial charge in [-0.1, -0.05) is 205 Å². The van der Waals surface area contributed by atoms with E-state index in [1.807, 2.05) is 0 Å². The zero-order chi connectivity index (χ0) is 43.5. The van der Waals surface area contributed by atoms with E-state index in [1.165, 1.54) is 78.3 Å². The van der Waals surface area contributed by atoms with E-state index in [1.54, 1.807) is 55.4 Å². The van der Waals surface area contributed by atoms with Crippen LogP contribution in [-0.2, 0) is 32.5 Å². The number of rotatable bonds is 3. The van der Waals surface area contributed by atoms with Crippen molar-refractivity contribution in [2.24, 2.45) is 5.41 Å². The van der Waals surface area contributed by atoms with Crippen molar-refractivity contribution < 1.29 is 0 Å². The lowest BCUT2D eigenvalue weighted by Gasteiger charge is -2.58. The van der Waals surface area contributed by atoms with Gasteiger partial charge < -0.3 is 0 Å². The molecule has 0 amide bonds. The summed E-state index contributed by atoms with van der Waals surface area (Å²) < 4.78 is 0. The van der Waals surface area contributed by atoms with E-state index in [9.17, 15) is 0 Å². The summed E-state index contributed by atoms with van der Waals surface area (Å²) in [7, 11) is 0. The second-order valence-electron chi connectivity index (χ2n) is 25.4. The smallest absolute Gasteiger partial charge is 0.0763 e. The third kappa shape index (κ3) is 5.95. The van der Waals surface area contributed by atoms with Crippen molar-refractivity contribution in [1.82, 2.24) is 0 Å². The SMILES string of the molecule is Cc1cc(C)c2c(c1)C1CC3(C)CCCCC3(C)c3cc(C(C)(C)C)cc(c31)B2C1=C(C(C)c2ccc(C(C)(C)C)cc2)c2cc3c(cc2C1(C)C)C(C)(C)CCC3(C)C. The van der Waals surface area contributed by atoms with Gasteiger partial charge in [-0.05, 0) is 140 Å². The van der Waals surface area contributed by atoms with Crippen molar-refractivity contribution in [3.8, 4) is 0 Å². The maximum Gasteiger partial charge on any atom is 0.239 e. The molecule has 60 heavy (non-hydrogen) atoms. The number of allylic oxidation sites excluding steroid dienone is 2. The Balaban J connectivity index is 1.42. The molecule has 4 unspecified atom stereocenters. The molecule has 0 aromatic heterocycles. The number of hydrogen-bond acceptors (Lipinski definition) is 0. The molecular formula is C59H77B. The van der Waals surface area contributed by atoms with Crippen LogP contribution in [0.15, 0.2) is 66.1 Å². The average molecular weight is 797 g/mol. The molecule has 4 atom stereocenters. The number of benzene rings is 4. The lowest BCUT2D eigenvalue weighted by atomic mass is 9.27. The van der Waals surface area contributed by atoms with Gasteiger partial charge in [0.2, 0.25) is 6.71 Å². The molecule has 5 aliphatic rings. The number of aryl methyl sites for hydroxylation is 2. The summed E-state index contributed by atoms with van der Waals surface area (Å²) in [6.45, 7) is 42.6. The fraction of sp³-hybridized carbons (Fsp3) is 0.559. The van der Waals surface area contributed by atoms with Crippen LogP contribution in [0.5, 0.6) is 0 Å². The minimum atomic E-state index is -0.175. The van der Waals surface area contributed by atoms with Gasteiger partial charge in [0.1, 0.15) is 0 Å².